The molecule has 1 amide bonds. The van der Waals surface area contributed by atoms with E-state index in [1.54, 1.807) is 32.5 Å². The Kier molecular flexibility index (Phi) is 4.39. The van der Waals surface area contributed by atoms with Crippen LogP contribution in [-0.4, -0.2) is 48.0 Å². The summed E-state index contributed by atoms with van der Waals surface area (Å²) in [4.78, 5) is 12.7. The maximum atomic E-state index is 11.9. The van der Waals surface area contributed by atoms with Crippen molar-refractivity contribution in [3.8, 4) is 0 Å². The molecule has 0 fully saturated rings. The summed E-state index contributed by atoms with van der Waals surface area (Å²) in [6, 6.07) is 0. The largest absolute Gasteiger partial charge is 0.372 e. The minimum atomic E-state index is -3.10. The van der Waals surface area contributed by atoms with Gasteiger partial charge in [-0.25, -0.2) is 13.9 Å². The molecule has 0 bridgehead atoms. The highest BCUT2D eigenvalue weighted by atomic mass is 32.2. The standard InChI is InChI=1S/C11H20N2O4S/c1-11(2,3)18(16,17)5-4-13-7-9(8-13)6-10(14)12-15/h7,15H,4-6,8H2,1-3H3,(H,12,14). The van der Waals surface area contributed by atoms with E-state index in [0.717, 1.165) is 5.57 Å². The van der Waals surface area contributed by atoms with Gasteiger partial charge in [0.05, 0.1) is 16.9 Å². The fraction of sp³-hybridized carbons (Fsp3) is 0.727. The number of rotatable bonds is 5. The first kappa shape index (κ1) is 15.0. The molecule has 0 atom stereocenters. The summed E-state index contributed by atoms with van der Waals surface area (Å²) in [5.41, 5.74) is 2.44. The van der Waals surface area contributed by atoms with Crippen molar-refractivity contribution in [2.45, 2.75) is 31.9 Å². The molecular weight excluding hydrogens is 256 g/mol. The van der Waals surface area contributed by atoms with Crippen LogP contribution in [0.15, 0.2) is 11.8 Å². The van der Waals surface area contributed by atoms with Crippen LogP contribution in [0.25, 0.3) is 0 Å². The van der Waals surface area contributed by atoms with Crippen LogP contribution in [0.5, 0.6) is 0 Å². The molecular formula is C11H20N2O4S. The molecule has 18 heavy (non-hydrogen) atoms. The number of carbonyl (C=O) groups excluding carboxylic acids is 1. The van der Waals surface area contributed by atoms with Crippen molar-refractivity contribution in [2.24, 2.45) is 0 Å². The lowest BCUT2D eigenvalue weighted by atomic mass is 10.1. The molecule has 2 N–H and O–H groups in total. The molecule has 0 aromatic heterocycles. The topological polar surface area (TPSA) is 86.7 Å². The Bertz CT molecular complexity index is 448. The van der Waals surface area contributed by atoms with Gasteiger partial charge in [-0.1, -0.05) is 0 Å². The first-order valence-electron chi connectivity index (χ1n) is 5.74. The number of sulfone groups is 1. The monoisotopic (exact) mass is 276 g/mol. The zero-order chi connectivity index (χ0) is 14.0. The van der Waals surface area contributed by atoms with Crippen molar-refractivity contribution in [1.29, 1.82) is 0 Å². The van der Waals surface area contributed by atoms with Gasteiger partial charge in [0.2, 0.25) is 5.91 Å². The lowest BCUT2D eigenvalue weighted by molar-refractivity contribution is -0.128. The molecule has 6 nitrogen and oxygen atoms in total. The van der Waals surface area contributed by atoms with Gasteiger partial charge in [0.1, 0.15) is 0 Å². The fourth-order valence-corrected chi connectivity index (χ4v) is 2.61. The number of hydrogen-bond acceptors (Lipinski definition) is 5. The second kappa shape index (κ2) is 5.27. The third kappa shape index (κ3) is 3.71. The Morgan fingerprint density at radius 1 is 1.50 bits per heavy atom. The minimum Gasteiger partial charge on any atom is -0.372 e. The van der Waals surface area contributed by atoms with E-state index in [-0.39, 0.29) is 12.2 Å². The molecule has 0 saturated heterocycles. The van der Waals surface area contributed by atoms with Gasteiger partial charge >= 0.3 is 0 Å². The second-order valence-electron chi connectivity index (χ2n) is 5.40. The SMILES string of the molecule is CC(C)(C)S(=O)(=O)CCN1C=C(CC(=O)NO)C1. The van der Waals surface area contributed by atoms with Crippen LogP contribution in [0.1, 0.15) is 27.2 Å². The quantitative estimate of drug-likeness (QED) is 0.557. The van der Waals surface area contributed by atoms with Crippen molar-refractivity contribution in [3.05, 3.63) is 11.8 Å². The van der Waals surface area contributed by atoms with Crippen LogP contribution in [0, 0.1) is 0 Å². The van der Waals surface area contributed by atoms with Crippen LogP contribution >= 0.6 is 0 Å². The molecule has 1 heterocycles. The molecule has 104 valence electrons. The number of nitrogens with one attached hydrogen (secondary N) is 1. The highest BCUT2D eigenvalue weighted by molar-refractivity contribution is 7.92. The van der Waals surface area contributed by atoms with Gasteiger partial charge in [-0.15, -0.1) is 0 Å². The fourth-order valence-electron chi connectivity index (χ4n) is 1.53. The zero-order valence-corrected chi connectivity index (χ0v) is 11.7. The van der Waals surface area contributed by atoms with E-state index in [1.165, 1.54) is 0 Å². The van der Waals surface area contributed by atoms with E-state index in [4.69, 9.17) is 5.21 Å². The van der Waals surface area contributed by atoms with Crippen molar-refractivity contribution in [3.63, 3.8) is 0 Å². The minimum absolute atomic E-state index is 0.104. The molecule has 7 heteroatoms. The molecule has 1 aliphatic rings. The van der Waals surface area contributed by atoms with Gasteiger partial charge < -0.3 is 4.90 Å². The number of hydrogen-bond donors (Lipinski definition) is 2. The van der Waals surface area contributed by atoms with E-state index < -0.39 is 20.5 Å². The third-order valence-corrected chi connectivity index (χ3v) is 5.45. The first-order chi connectivity index (χ1) is 8.15. The van der Waals surface area contributed by atoms with Gasteiger partial charge in [0.15, 0.2) is 9.84 Å². The Morgan fingerprint density at radius 2 is 2.06 bits per heavy atom. The van der Waals surface area contributed by atoms with Crippen LogP contribution in [-0.2, 0) is 14.6 Å². The van der Waals surface area contributed by atoms with Crippen molar-refractivity contribution in [1.82, 2.24) is 10.4 Å². The smallest absolute Gasteiger partial charge is 0.247 e. The van der Waals surface area contributed by atoms with Gasteiger partial charge in [-0.3, -0.25) is 10.0 Å². The molecule has 0 aromatic rings. The lowest BCUT2D eigenvalue weighted by Crippen LogP contribution is -2.39. The predicted molar refractivity (Wildman–Crippen MR) is 67.7 cm³/mol. The molecule has 0 unspecified atom stereocenters. The summed E-state index contributed by atoms with van der Waals surface area (Å²) in [6.45, 7) is 6.07. The van der Waals surface area contributed by atoms with E-state index >= 15 is 0 Å². The third-order valence-electron chi connectivity index (χ3n) is 2.86. The van der Waals surface area contributed by atoms with Gasteiger partial charge in [-0.05, 0) is 26.3 Å². The molecule has 0 spiro atoms. The molecule has 1 rings (SSSR count). The summed E-state index contributed by atoms with van der Waals surface area (Å²) in [5.74, 6) is -0.352. The van der Waals surface area contributed by atoms with E-state index in [1.807, 2.05) is 4.90 Å². The van der Waals surface area contributed by atoms with E-state index in [9.17, 15) is 13.2 Å². The second-order valence-corrected chi connectivity index (χ2v) is 8.26. The maximum Gasteiger partial charge on any atom is 0.247 e. The maximum absolute atomic E-state index is 11.9. The molecule has 0 aliphatic carbocycles. The molecule has 0 saturated carbocycles. The van der Waals surface area contributed by atoms with E-state index in [0.29, 0.717) is 13.1 Å². The van der Waals surface area contributed by atoms with Crippen molar-refractivity contribution < 1.29 is 18.4 Å². The Morgan fingerprint density at radius 3 is 2.50 bits per heavy atom. The molecule has 0 radical (unpaired) electrons. The first-order valence-corrected chi connectivity index (χ1v) is 7.40. The summed E-state index contributed by atoms with van der Waals surface area (Å²) in [6.07, 6.45) is 1.91. The Labute approximate surface area is 108 Å². The van der Waals surface area contributed by atoms with Crippen molar-refractivity contribution in [2.75, 3.05) is 18.8 Å². The Balaban J connectivity index is 2.40. The lowest BCUT2D eigenvalue weighted by Gasteiger charge is -2.32. The number of carbonyl (C=O) groups is 1. The van der Waals surface area contributed by atoms with Crippen LogP contribution in [0.3, 0.4) is 0 Å². The highest BCUT2D eigenvalue weighted by Crippen LogP contribution is 2.19. The van der Waals surface area contributed by atoms with E-state index in [2.05, 4.69) is 0 Å². The van der Waals surface area contributed by atoms with Gasteiger partial charge in [0.25, 0.3) is 0 Å². The summed E-state index contributed by atoms with van der Waals surface area (Å²) >= 11 is 0. The molecule has 1 aliphatic heterocycles. The number of nitrogens with zero attached hydrogens (tertiary/aromatic N) is 1. The van der Waals surface area contributed by atoms with Gasteiger partial charge in [-0.2, -0.15) is 0 Å². The summed E-state index contributed by atoms with van der Waals surface area (Å²) in [5, 5.41) is 8.35. The summed E-state index contributed by atoms with van der Waals surface area (Å²) < 4.78 is 23.0. The van der Waals surface area contributed by atoms with Crippen molar-refractivity contribution >= 4 is 15.7 Å². The number of hydroxylamine groups is 1. The number of amides is 1. The highest BCUT2D eigenvalue weighted by Gasteiger charge is 2.29. The average molecular weight is 276 g/mol. The zero-order valence-electron chi connectivity index (χ0n) is 10.9. The molecule has 0 aromatic carbocycles. The van der Waals surface area contributed by atoms with Gasteiger partial charge in [0, 0.05) is 19.3 Å². The normalized spacial score (nSPS) is 16.0. The van der Waals surface area contributed by atoms with Crippen LogP contribution in [0.4, 0.5) is 0 Å². The Hall–Kier alpha value is -1.08. The summed E-state index contributed by atoms with van der Waals surface area (Å²) in [7, 11) is -3.10. The average Bonchev–Trinajstić information content (AvgIpc) is 2.18. The predicted octanol–water partition coefficient (Wildman–Crippen LogP) is 0.295. The van der Waals surface area contributed by atoms with Crippen LogP contribution in [0.2, 0.25) is 0 Å². The van der Waals surface area contributed by atoms with Crippen LogP contribution < -0.4 is 5.48 Å².